The van der Waals surface area contributed by atoms with Gasteiger partial charge in [0.25, 0.3) is 0 Å². The van der Waals surface area contributed by atoms with Crippen molar-refractivity contribution in [2.45, 2.75) is 77.4 Å². The van der Waals surface area contributed by atoms with Gasteiger partial charge in [0.1, 0.15) is 11.9 Å². The molecule has 1 N–H and O–H groups in total. The van der Waals surface area contributed by atoms with E-state index in [1.54, 1.807) is 18.2 Å². The Kier molecular flexibility index (Phi) is 11.0. The monoisotopic (exact) mass is 607 g/mol. The first-order valence-corrected chi connectivity index (χ1v) is 16.8. The van der Waals surface area contributed by atoms with E-state index in [1.165, 1.54) is 15.3 Å². The molecule has 3 aromatic carbocycles. The van der Waals surface area contributed by atoms with E-state index in [0.29, 0.717) is 11.3 Å². The van der Waals surface area contributed by atoms with Gasteiger partial charge in [-0.1, -0.05) is 73.5 Å². The second-order valence-corrected chi connectivity index (χ2v) is 13.4. The molecule has 0 saturated heterocycles. The second kappa shape index (κ2) is 14.6. The molecule has 43 heavy (non-hydrogen) atoms. The van der Waals surface area contributed by atoms with E-state index in [-0.39, 0.29) is 50.2 Å². The number of carbonyl (C=O) groups is 2. The molecular formula is C34H42FN3O4S. The summed E-state index contributed by atoms with van der Waals surface area (Å²) in [4.78, 5) is 29.3. The highest BCUT2D eigenvalue weighted by atomic mass is 32.2. The Labute approximate surface area is 255 Å². The zero-order chi connectivity index (χ0) is 31.0. The summed E-state index contributed by atoms with van der Waals surface area (Å²) in [5.74, 6) is -1.04. The number of hydrogen-bond donors (Lipinski definition) is 1. The van der Waals surface area contributed by atoms with E-state index in [2.05, 4.69) is 5.32 Å². The predicted octanol–water partition coefficient (Wildman–Crippen LogP) is 5.69. The Morgan fingerprint density at radius 3 is 2.33 bits per heavy atom. The summed E-state index contributed by atoms with van der Waals surface area (Å²) in [5, 5.41) is 3.15. The number of nitrogens with zero attached hydrogens (tertiary/aromatic N) is 2. The van der Waals surface area contributed by atoms with Crippen molar-refractivity contribution in [2.75, 3.05) is 17.1 Å². The maximum Gasteiger partial charge on any atom is 0.243 e. The van der Waals surface area contributed by atoms with Crippen LogP contribution in [0.25, 0.3) is 0 Å². The van der Waals surface area contributed by atoms with Crippen molar-refractivity contribution < 1.29 is 22.4 Å². The summed E-state index contributed by atoms with van der Waals surface area (Å²) in [6, 6.07) is 20.6. The van der Waals surface area contributed by atoms with Gasteiger partial charge in [0.2, 0.25) is 21.8 Å². The van der Waals surface area contributed by atoms with Crippen LogP contribution < -0.4 is 9.62 Å². The van der Waals surface area contributed by atoms with Crippen molar-refractivity contribution in [3.8, 4) is 0 Å². The van der Waals surface area contributed by atoms with E-state index < -0.39 is 21.9 Å². The van der Waals surface area contributed by atoms with Gasteiger partial charge in [-0.25, -0.2) is 12.8 Å². The summed E-state index contributed by atoms with van der Waals surface area (Å²) >= 11 is 0. The Morgan fingerprint density at radius 2 is 1.65 bits per heavy atom. The lowest BCUT2D eigenvalue weighted by Crippen LogP contribution is -2.52. The maximum atomic E-state index is 14.9. The fourth-order valence-electron chi connectivity index (χ4n) is 5.70. The average Bonchev–Trinajstić information content (AvgIpc) is 3.48. The number of anilines is 1. The molecule has 7 nitrogen and oxygen atoms in total. The van der Waals surface area contributed by atoms with Crippen LogP contribution in [0.3, 0.4) is 0 Å². The summed E-state index contributed by atoms with van der Waals surface area (Å²) in [5.41, 5.74) is 3.53. The Bertz CT molecular complexity index is 1510. The number of sulfonamides is 1. The SMILES string of the molecule is Cc1ccc(C)c(N(CCCC(=O)N(Cc2ccccc2F)[C@H](Cc2ccccc2)C(=O)NC2CCCC2)S(C)(=O)=O)c1. The second-order valence-electron chi connectivity index (χ2n) is 11.5. The molecule has 4 rings (SSSR count). The van der Waals surface area contributed by atoms with Crippen molar-refractivity contribution in [1.29, 1.82) is 0 Å². The van der Waals surface area contributed by atoms with E-state index in [1.807, 2.05) is 62.4 Å². The van der Waals surface area contributed by atoms with Gasteiger partial charge in [-0.15, -0.1) is 0 Å². The van der Waals surface area contributed by atoms with Crippen molar-refractivity contribution in [3.63, 3.8) is 0 Å². The van der Waals surface area contributed by atoms with Crippen LogP contribution in [-0.4, -0.2) is 50.0 Å². The van der Waals surface area contributed by atoms with Crippen LogP contribution in [0.4, 0.5) is 10.1 Å². The Hall–Kier alpha value is -3.72. The molecule has 2 amide bonds. The summed E-state index contributed by atoms with van der Waals surface area (Å²) in [6.45, 7) is 3.77. The standard InChI is InChI=1S/C34H42FN3O4S/c1-25-19-20-26(2)31(22-25)38(43(3,41)42)21-11-18-33(39)37(24-28-14-7-10-17-30(28)35)32(23-27-12-5-4-6-13-27)34(40)36-29-15-8-9-16-29/h4-7,10,12-14,17,19-20,22,29,32H,8-9,11,15-16,18,21,23-24H2,1-3H3,(H,36,40)/t32-/m1/s1. The van der Waals surface area contributed by atoms with Gasteiger partial charge < -0.3 is 10.2 Å². The van der Waals surface area contributed by atoms with Crippen molar-refractivity contribution >= 4 is 27.5 Å². The van der Waals surface area contributed by atoms with E-state index in [0.717, 1.165) is 48.6 Å². The number of benzene rings is 3. The molecule has 0 spiro atoms. The van der Waals surface area contributed by atoms with Crippen LogP contribution in [0.15, 0.2) is 72.8 Å². The third-order valence-electron chi connectivity index (χ3n) is 8.06. The smallest absolute Gasteiger partial charge is 0.243 e. The number of aryl methyl sites for hydroxylation is 2. The molecule has 1 saturated carbocycles. The number of amides is 2. The first-order valence-electron chi connectivity index (χ1n) is 14.9. The van der Waals surface area contributed by atoms with Crippen LogP contribution >= 0.6 is 0 Å². The van der Waals surface area contributed by atoms with Crippen molar-refractivity contribution in [1.82, 2.24) is 10.2 Å². The van der Waals surface area contributed by atoms with E-state index in [9.17, 15) is 22.4 Å². The molecule has 0 radical (unpaired) electrons. The topological polar surface area (TPSA) is 86.8 Å². The van der Waals surface area contributed by atoms with Gasteiger partial charge >= 0.3 is 0 Å². The minimum absolute atomic E-state index is 0.00661. The van der Waals surface area contributed by atoms with Crippen LogP contribution in [-0.2, 0) is 32.6 Å². The molecule has 1 atom stereocenters. The van der Waals surface area contributed by atoms with E-state index >= 15 is 0 Å². The third-order valence-corrected chi connectivity index (χ3v) is 9.24. The molecule has 1 aliphatic carbocycles. The van der Waals surface area contributed by atoms with Gasteiger partial charge in [0.05, 0.1) is 11.9 Å². The number of nitrogens with one attached hydrogen (secondary N) is 1. The largest absolute Gasteiger partial charge is 0.352 e. The molecule has 0 aliphatic heterocycles. The predicted molar refractivity (Wildman–Crippen MR) is 169 cm³/mol. The fourth-order valence-corrected chi connectivity index (χ4v) is 6.72. The molecule has 230 valence electrons. The molecular weight excluding hydrogens is 565 g/mol. The number of hydrogen-bond acceptors (Lipinski definition) is 4. The van der Waals surface area contributed by atoms with Gasteiger partial charge in [0, 0.05) is 37.5 Å². The first kappa shape index (κ1) is 32.2. The van der Waals surface area contributed by atoms with Gasteiger partial charge in [-0.05, 0) is 61.9 Å². The van der Waals surface area contributed by atoms with Crippen molar-refractivity contribution in [2.24, 2.45) is 0 Å². The average molecular weight is 608 g/mol. The highest BCUT2D eigenvalue weighted by Gasteiger charge is 2.32. The van der Waals surface area contributed by atoms with Gasteiger partial charge in [-0.3, -0.25) is 13.9 Å². The van der Waals surface area contributed by atoms with Gasteiger partial charge in [0.15, 0.2) is 0 Å². The molecule has 1 aliphatic rings. The zero-order valence-corrected chi connectivity index (χ0v) is 26.1. The molecule has 0 heterocycles. The lowest BCUT2D eigenvalue weighted by Gasteiger charge is -2.33. The summed E-state index contributed by atoms with van der Waals surface area (Å²) < 4.78 is 41.8. The summed E-state index contributed by atoms with van der Waals surface area (Å²) in [6.07, 6.45) is 5.53. The van der Waals surface area contributed by atoms with E-state index in [4.69, 9.17) is 0 Å². The molecule has 0 unspecified atom stereocenters. The van der Waals surface area contributed by atoms with Crippen molar-refractivity contribution in [3.05, 3.63) is 101 Å². The van der Waals surface area contributed by atoms with Crippen LogP contribution in [0.1, 0.15) is 60.8 Å². The maximum absolute atomic E-state index is 14.9. The Balaban J connectivity index is 1.61. The quantitative estimate of drug-likeness (QED) is 0.271. The summed E-state index contributed by atoms with van der Waals surface area (Å²) in [7, 11) is -3.62. The highest BCUT2D eigenvalue weighted by molar-refractivity contribution is 7.92. The Morgan fingerprint density at radius 1 is 0.977 bits per heavy atom. The van der Waals surface area contributed by atoms with Gasteiger partial charge in [-0.2, -0.15) is 0 Å². The highest BCUT2D eigenvalue weighted by Crippen LogP contribution is 2.25. The minimum Gasteiger partial charge on any atom is -0.352 e. The normalized spacial score (nSPS) is 14.3. The molecule has 3 aromatic rings. The molecule has 0 aromatic heterocycles. The lowest BCUT2D eigenvalue weighted by molar-refractivity contribution is -0.141. The van der Waals surface area contributed by atoms with Crippen LogP contribution in [0, 0.1) is 19.7 Å². The fraction of sp³-hybridized carbons (Fsp3) is 0.412. The molecule has 1 fully saturated rings. The van der Waals surface area contributed by atoms with Crippen LogP contribution in [0.2, 0.25) is 0 Å². The first-order chi connectivity index (χ1) is 20.5. The third kappa shape index (κ3) is 8.89. The number of carbonyl (C=O) groups excluding carboxylic acids is 2. The number of rotatable bonds is 13. The zero-order valence-electron chi connectivity index (χ0n) is 25.3. The molecule has 9 heteroatoms. The minimum atomic E-state index is -3.62. The number of halogens is 1. The van der Waals surface area contributed by atoms with Crippen LogP contribution in [0.5, 0.6) is 0 Å². The molecule has 0 bridgehead atoms. The lowest BCUT2D eigenvalue weighted by atomic mass is 10.0.